The largest absolute Gasteiger partial charge is 0.493 e. The van der Waals surface area contributed by atoms with Crippen LogP contribution in [0.25, 0.3) is 0 Å². The summed E-state index contributed by atoms with van der Waals surface area (Å²) in [6.07, 6.45) is -3.51. The van der Waals surface area contributed by atoms with E-state index in [1.54, 1.807) is 0 Å². The molecular formula is C11H11F3O. The third kappa shape index (κ3) is 2.08. The van der Waals surface area contributed by atoms with E-state index in [1.165, 1.54) is 6.07 Å². The van der Waals surface area contributed by atoms with Crippen molar-refractivity contribution in [3.63, 3.8) is 0 Å². The highest BCUT2D eigenvalue weighted by Crippen LogP contribution is 2.35. The molecule has 1 heterocycles. The van der Waals surface area contributed by atoms with Gasteiger partial charge in [-0.2, -0.15) is 13.2 Å². The minimum absolute atomic E-state index is 0.370. The number of fused-ring (bicyclic) bond motifs is 1. The van der Waals surface area contributed by atoms with Crippen LogP contribution in [0.3, 0.4) is 0 Å². The first-order chi connectivity index (χ1) is 6.97. The number of hydrogen-bond acceptors (Lipinski definition) is 1. The standard InChI is InChI=1S/C11H11F3O/c1-7-4-8-2-3-9(11(12,13)14)5-10(8)15-6-7/h2-3,5,7H,4,6H2,1H3. The van der Waals surface area contributed by atoms with E-state index in [0.717, 1.165) is 24.1 Å². The molecule has 0 saturated heterocycles. The second-order valence-electron chi connectivity index (χ2n) is 3.94. The molecular weight excluding hydrogens is 205 g/mol. The molecule has 1 nitrogen and oxygen atoms in total. The summed E-state index contributed by atoms with van der Waals surface area (Å²) < 4.78 is 42.4. The second kappa shape index (κ2) is 3.43. The Bertz CT molecular complexity index is 371. The van der Waals surface area contributed by atoms with E-state index < -0.39 is 11.7 Å². The molecule has 2 rings (SSSR count). The van der Waals surface area contributed by atoms with Gasteiger partial charge >= 0.3 is 6.18 Å². The Balaban J connectivity index is 2.35. The summed E-state index contributed by atoms with van der Waals surface area (Å²) in [6, 6.07) is 3.70. The first-order valence-electron chi connectivity index (χ1n) is 4.80. The van der Waals surface area contributed by atoms with Crippen LogP contribution in [0.1, 0.15) is 18.1 Å². The monoisotopic (exact) mass is 216 g/mol. The Morgan fingerprint density at radius 3 is 2.73 bits per heavy atom. The SMILES string of the molecule is CC1COc2cc(C(F)(F)F)ccc2C1. The van der Waals surface area contributed by atoms with E-state index in [4.69, 9.17) is 4.74 Å². The summed E-state index contributed by atoms with van der Waals surface area (Å²) in [7, 11) is 0. The highest BCUT2D eigenvalue weighted by atomic mass is 19.4. The molecule has 0 amide bonds. The van der Waals surface area contributed by atoms with Crippen LogP contribution in [0, 0.1) is 5.92 Å². The molecule has 0 fully saturated rings. The Morgan fingerprint density at radius 1 is 1.33 bits per heavy atom. The molecule has 1 aromatic rings. The zero-order valence-corrected chi connectivity index (χ0v) is 8.27. The summed E-state index contributed by atoms with van der Waals surface area (Å²) in [5.74, 6) is 0.747. The van der Waals surface area contributed by atoms with Gasteiger partial charge in [0.15, 0.2) is 0 Å². The fourth-order valence-electron chi connectivity index (χ4n) is 1.70. The molecule has 4 heteroatoms. The van der Waals surface area contributed by atoms with Crippen LogP contribution < -0.4 is 4.74 Å². The molecule has 1 unspecified atom stereocenters. The van der Waals surface area contributed by atoms with Crippen LogP contribution in [-0.4, -0.2) is 6.61 Å². The van der Waals surface area contributed by atoms with Gasteiger partial charge in [0.2, 0.25) is 0 Å². The van der Waals surface area contributed by atoms with E-state index in [2.05, 4.69) is 0 Å². The summed E-state index contributed by atoms with van der Waals surface area (Å²) in [4.78, 5) is 0. The molecule has 1 aliphatic heterocycles. The zero-order chi connectivity index (χ0) is 11.1. The smallest absolute Gasteiger partial charge is 0.416 e. The van der Waals surface area contributed by atoms with E-state index in [9.17, 15) is 13.2 Å². The Hall–Kier alpha value is -1.19. The molecule has 0 bridgehead atoms. The maximum Gasteiger partial charge on any atom is 0.416 e. The van der Waals surface area contributed by atoms with E-state index >= 15 is 0 Å². The lowest BCUT2D eigenvalue weighted by Crippen LogP contribution is -2.18. The van der Waals surface area contributed by atoms with Crippen LogP contribution in [-0.2, 0) is 12.6 Å². The first-order valence-corrected chi connectivity index (χ1v) is 4.80. The van der Waals surface area contributed by atoms with Crippen molar-refractivity contribution in [1.82, 2.24) is 0 Å². The van der Waals surface area contributed by atoms with Crippen LogP contribution in [0.4, 0.5) is 13.2 Å². The van der Waals surface area contributed by atoms with Crippen molar-refractivity contribution < 1.29 is 17.9 Å². The average molecular weight is 216 g/mol. The molecule has 82 valence electrons. The summed E-state index contributed by atoms with van der Waals surface area (Å²) in [5.41, 5.74) is 0.220. The highest BCUT2D eigenvalue weighted by Gasteiger charge is 2.31. The van der Waals surface area contributed by atoms with Crippen molar-refractivity contribution in [2.24, 2.45) is 5.92 Å². The highest BCUT2D eigenvalue weighted by molar-refractivity contribution is 5.40. The third-order valence-corrected chi connectivity index (χ3v) is 2.49. The van der Waals surface area contributed by atoms with Crippen molar-refractivity contribution in [3.8, 4) is 5.75 Å². The van der Waals surface area contributed by atoms with E-state index in [-0.39, 0.29) is 0 Å². The van der Waals surface area contributed by atoms with Gasteiger partial charge in [0.05, 0.1) is 12.2 Å². The van der Waals surface area contributed by atoms with Crippen LogP contribution in [0.15, 0.2) is 18.2 Å². The zero-order valence-electron chi connectivity index (χ0n) is 8.27. The number of ether oxygens (including phenoxy) is 1. The van der Waals surface area contributed by atoms with E-state index in [1.807, 2.05) is 6.92 Å². The van der Waals surface area contributed by atoms with Gasteiger partial charge in [0, 0.05) is 0 Å². The lowest BCUT2D eigenvalue weighted by atomic mass is 9.97. The molecule has 0 radical (unpaired) electrons. The Labute approximate surface area is 85.9 Å². The molecule has 1 aromatic carbocycles. The number of benzene rings is 1. The number of alkyl halides is 3. The third-order valence-electron chi connectivity index (χ3n) is 2.49. The lowest BCUT2D eigenvalue weighted by molar-refractivity contribution is -0.137. The normalized spacial score (nSPS) is 20.7. The summed E-state index contributed by atoms with van der Waals surface area (Å²) >= 11 is 0. The lowest BCUT2D eigenvalue weighted by Gasteiger charge is -2.23. The summed E-state index contributed by atoms with van der Waals surface area (Å²) in [5, 5.41) is 0. The van der Waals surface area contributed by atoms with Crippen LogP contribution in [0.5, 0.6) is 5.75 Å². The molecule has 0 spiro atoms. The minimum Gasteiger partial charge on any atom is -0.493 e. The summed E-state index contributed by atoms with van der Waals surface area (Å²) in [6.45, 7) is 2.51. The van der Waals surface area contributed by atoms with Gasteiger partial charge < -0.3 is 4.74 Å². The number of rotatable bonds is 0. The predicted molar refractivity (Wildman–Crippen MR) is 49.8 cm³/mol. The fraction of sp³-hybridized carbons (Fsp3) is 0.455. The van der Waals surface area contributed by atoms with Gasteiger partial charge in [-0.1, -0.05) is 13.0 Å². The van der Waals surface area contributed by atoms with Crippen molar-refractivity contribution in [1.29, 1.82) is 0 Å². The Morgan fingerprint density at radius 2 is 2.07 bits per heavy atom. The van der Waals surface area contributed by atoms with Crippen molar-refractivity contribution in [2.45, 2.75) is 19.5 Å². The van der Waals surface area contributed by atoms with Gasteiger partial charge in [-0.25, -0.2) is 0 Å². The van der Waals surface area contributed by atoms with Crippen molar-refractivity contribution in [2.75, 3.05) is 6.61 Å². The van der Waals surface area contributed by atoms with Gasteiger partial charge in [-0.05, 0) is 30.0 Å². The van der Waals surface area contributed by atoms with Crippen LogP contribution >= 0.6 is 0 Å². The molecule has 0 aromatic heterocycles. The van der Waals surface area contributed by atoms with E-state index in [0.29, 0.717) is 18.3 Å². The first kappa shape index (κ1) is 10.3. The maximum absolute atomic E-state index is 12.4. The quantitative estimate of drug-likeness (QED) is 0.646. The van der Waals surface area contributed by atoms with Crippen molar-refractivity contribution >= 4 is 0 Å². The molecule has 0 saturated carbocycles. The second-order valence-corrected chi connectivity index (χ2v) is 3.94. The maximum atomic E-state index is 12.4. The molecule has 0 N–H and O–H groups in total. The van der Waals surface area contributed by atoms with Gasteiger partial charge in [-0.15, -0.1) is 0 Å². The van der Waals surface area contributed by atoms with Crippen LogP contribution in [0.2, 0.25) is 0 Å². The van der Waals surface area contributed by atoms with Crippen molar-refractivity contribution in [3.05, 3.63) is 29.3 Å². The number of halogens is 3. The minimum atomic E-state index is -4.29. The predicted octanol–water partition coefficient (Wildman–Crippen LogP) is 3.28. The fourth-order valence-corrected chi connectivity index (χ4v) is 1.70. The van der Waals surface area contributed by atoms with Gasteiger partial charge in [0.1, 0.15) is 5.75 Å². The van der Waals surface area contributed by atoms with Gasteiger partial charge in [0.25, 0.3) is 0 Å². The van der Waals surface area contributed by atoms with Gasteiger partial charge in [-0.3, -0.25) is 0 Å². The molecule has 15 heavy (non-hydrogen) atoms. The molecule has 1 aliphatic rings. The molecule has 1 atom stereocenters. The Kier molecular flexibility index (Phi) is 2.37. The number of hydrogen-bond donors (Lipinski definition) is 0. The average Bonchev–Trinajstić information content (AvgIpc) is 2.15. The molecule has 0 aliphatic carbocycles. The topological polar surface area (TPSA) is 9.23 Å².